The molecule has 0 aromatic heterocycles. The molecule has 0 unspecified atom stereocenters. The first kappa shape index (κ1) is 19.5. The van der Waals surface area contributed by atoms with Crippen LogP contribution in [0.5, 0.6) is 5.75 Å². The van der Waals surface area contributed by atoms with Crippen LogP contribution in [0.15, 0.2) is 48.5 Å². The predicted octanol–water partition coefficient (Wildman–Crippen LogP) is 3.58. The fourth-order valence-corrected chi connectivity index (χ4v) is 4.65. The highest BCUT2D eigenvalue weighted by Crippen LogP contribution is 2.41. The normalized spacial score (nSPS) is 18.8. The molecule has 2 aromatic rings. The lowest BCUT2D eigenvalue weighted by Gasteiger charge is -2.39. The van der Waals surface area contributed by atoms with Gasteiger partial charge in [-0.15, -0.1) is 0 Å². The molecule has 0 radical (unpaired) electrons. The molecular formula is C24H27N3O2. The highest BCUT2D eigenvalue weighted by molar-refractivity contribution is 5.79. The molecule has 2 saturated heterocycles. The summed E-state index contributed by atoms with van der Waals surface area (Å²) in [5.74, 6) is 1.09. The maximum absolute atomic E-state index is 12.7. The van der Waals surface area contributed by atoms with Gasteiger partial charge in [-0.3, -0.25) is 9.69 Å². The second-order valence-electron chi connectivity index (χ2n) is 8.32. The Balaban J connectivity index is 1.36. The van der Waals surface area contributed by atoms with Gasteiger partial charge in [0, 0.05) is 26.1 Å². The van der Waals surface area contributed by atoms with Crippen molar-refractivity contribution in [1.82, 2.24) is 9.80 Å². The third kappa shape index (κ3) is 4.28. The number of benzene rings is 2. The van der Waals surface area contributed by atoms with Gasteiger partial charge in [0.25, 0.3) is 0 Å². The van der Waals surface area contributed by atoms with Crippen molar-refractivity contribution >= 4 is 5.91 Å². The number of hydrogen-bond acceptors (Lipinski definition) is 4. The number of nitrogens with zero attached hydrogens (tertiary/aromatic N) is 3. The molecule has 2 aliphatic rings. The summed E-state index contributed by atoms with van der Waals surface area (Å²) in [6, 6.07) is 18.1. The smallest absolute Gasteiger partial charge is 0.223 e. The molecule has 2 fully saturated rings. The molecule has 0 N–H and O–H groups in total. The second kappa shape index (κ2) is 8.26. The summed E-state index contributed by atoms with van der Waals surface area (Å²) in [5, 5.41) is 9.31. The predicted molar refractivity (Wildman–Crippen MR) is 111 cm³/mol. The summed E-state index contributed by atoms with van der Waals surface area (Å²) in [5.41, 5.74) is 3.06. The first-order valence-electron chi connectivity index (χ1n) is 10.2. The zero-order valence-corrected chi connectivity index (χ0v) is 16.9. The Hall–Kier alpha value is -2.84. The molecule has 0 bridgehead atoms. The van der Waals surface area contributed by atoms with E-state index < -0.39 is 0 Å². The van der Waals surface area contributed by atoms with Crippen LogP contribution in [-0.2, 0) is 17.9 Å². The van der Waals surface area contributed by atoms with Crippen molar-refractivity contribution in [2.75, 3.05) is 26.7 Å². The molecule has 0 atom stereocenters. The molecule has 0 aliphatic carbocycles. The molecule has 1 spiro atoms. The minimum absolute atomic E-state index is 0.0984. The number of ether oxygens (including phenoxy) is 1. The number of amides is 1. The van der Waals surface area contributed by atoms with E-state index in [2.05, 4.69) is 17.0 Å². The Morgan fingerprint density at radius 1 is 1.10 bits per heavy atom. The Morgan fingerprint density at radius 2 is 1.90 bits per heavy atom. The van der Waals surface area contributed by atoms with Crippen LogP contribution in [-0.4, -0.2) is 42.5 Å². The summed E-state index contributed by atoms with van der Waals surface area (Å²) >= 11 is 0. The summed E-state index contributed by atoms with van der Waals surface area (Å²) in [4.78, 5) is 17.1. The van der Waals surface area contributed by atoms with Crippen molar-refractivity contribution in [2.45, 2.75) is 32.4 Å². The van der Waals surface area contributed by atoms with Gasteiger partial charge in [-0.1, -0.05) is 30.3 Å². The number of methoxy groups -OCH3 is 1. The Labute approximate surface area is 172 Å². The van der Waals surface area contributed by atoms with E-state index in [0.29, 0.717) is 13.0 Å². The van der Waals surface area contributed by atoms with Crippen LogP contribution in [0.1, 0.15) is 36.0 Å². The van der Waals surface area contributed by atoms with E-state index in [9.17, 15) is 10.1 Å². The molecule has 2 heterocycles. The van der Waals surface area contributed by atoms with Crippen molar-refractivity contribution in [3.63, 3.8) is 0 Å². The van der Waals surface area contributed by atoms with Crippen molar-refractivity contribution in [1.29, 1.82) is 5.26 Å². The zero-order chi connectivity index (χ0) is 20.3. The van der Waals surface area contributed by atoms with Gasteiger partial charge < -0.3 is 9.64 Å². The van der Waals surface area contributed by atoms with Gasteiger partial charge in [-0.25, -0.2) is 0 Å². The van der Waals surface area contributed by atoms with E-state index in [1.165, 1.54) is 0 Å². The fraction of sp³-hybridized carbons (Fsp3) is 0.417. The maximum atomic E-state index is 12.7. The monoisotopic (exact) mass is 389 g/mol. The summed E-state index contributed by atoms with van der Waals surface area (Å²) in [6.07, 6.45) is 2.71. The Morgan fingerprint density at radius 3 is 2.66 bits per heavy atom. The number of rotatable bonds is 5. The summed E-state index contributed by atoms with van der Waals surface area (Å²) in [6.45, 7) is 4.24. The second-order valence-corrected chi connectivity index (χ2v) is 8.32. The minimum Gasteiger partial charge on any atom is -0.497 e. The van der Waals surface area contributed by atoms with E-state index in [4.69, 9.17) is 4.74 Å². The topological polar surface area (TPSA) is 56.6 Å². The molecule has 4 rings (SSSR count). The van der Waals surface area contributed by atoms with Crippen molar-refractivity contribution in [3.8, 4) is 11.8 Å². The highest BCUT2D eigenvalue weighted by Gasteiger charge is 2.44. The lowest BCUT2D eigenvalue weighted by Crippen LogP contribution is -2.41. The highest BCUT2D eigenvalue weighted by atomic mass is 16.5. The lowest BCUT2D eigenvalue weighted by atomic mass is 9.77. The molecular weight excluding hydrogens is 362 g/mol. The standard InChI is InChI=1S/C24H27N3O2/c1-29-22-8-4-5-19(13-22)16-27-18-24(14-23(27)28)9-11-26(12-10-24)17-21-7-3-2-6-20(21)15-25/h2-8,13H,9-12,14,16-18H2,1H3. The fourth-order valence-electron chi connectivity index (χ4n) is 4.65. The average molecular weight is 389 g/mol. The summed E-state index contributed by atoms with van der Waals surface area (Å²) in [7, 11) is 1.66. The van der Waals surface area contributed by atoms with Crippen molar-refractivity contribution < 1.29 is 9.53 Å². The van der Waals surface area contributed by atoms with Crippen LogP contribution in [0.2, 0.25) is 0 Å². The molecule has 5 nitrogen and oxygen atoms in total. The third-order valence-electron chi connectivity index (χ3n) is 6.36. The van der Waals surface area contributed by atoms with Crippen molar-refractivity contribution in [2.24, 2.45) is 5.41 Å². The van der Waals surface area contributed by atoms with Crippen LogP contribution in [0, 0.1) is 16.7 Å². The van der Waals surface area contributed by atoms with Crippen LogP contribution in [0.3, 0.4) is 0 Å². The van der Waals surface area contributed by atoms with E-state index in [1.807, 2.05) is 47.4 Å². The largest absolute Gasteiger partial charge is 0.497 e. The number of carbonyl (C=O) groups excluding carboxylic acids is 1. The Kier molecular flexibility index (Phi) is 5.55. The van der Waals surface area contributed by atoms with E-state index in [0.717, 1.165) is 61.5 Å². The Bertz CT molecular complexity index is 926. The summed E-state index contributed by atoms with van der Waals surface area (Å²) < 4.78 is 5.30. The van der Waals surface area contributed by atoms with Gasteiger partial charge in [-0.2, -0.15) is 5.26 Å². The molecule has 29 heavy (non-hydrogen) atoms. The zero-order valence-electron chi connectivity index (χ0n) is 16.9. The number of piperidine rings is 1. The SMILES string of the molecule is COc1cccc(CN2CC3(CCN(Cc4ccccc4C#N)CC3)CC2=O)c1. The molecule has 2 aliphatic heterocycles. The van der Waals surface area contributed by atoms with Gasteiger partial charge >= 0.3 is 0 Å². The van der Waals surface area contributed by atoms with Gasteiger partial charge in [0.05, 0.1) is 18.7 Å². The average Bonchev–Trinajstić information content (AvgIpc) is 3.05. The van der Waals surface area contributed by atoms with E-state index in [1.54, 1.807) is 7.11 Å². The van der Waals surface area contributed by atoms with Crippen LogP contribution >= 0.6 is 0 Å². The van der Waals surface area contributed by atoms with Crippen LogP contribution in [0.25, 0.3) is 0 Å². The number of hydrogen-bond donors (Lipinski definition) is 0. The van der Waals surface area contributed by atoms with E-state index >= 15 is 0 Å². The molecule has 150 valence electrons. The first-order chi connectivity index (χ1) is 14.1. The molecule has 0 saturated carbocycles. The molecule has 2 aromatic carbocycles. The molecule has 1 amide bonds. The third-order valence-corrected chi connectivity index (χ3v) is 6.36. The van der Waals surface area contributed by atoms with Gasteiger partial charge in [0.15, 0.2) is 0 Å². The van der Waals surface area contributed by atoms with Crippen LogP contribution in [0.4, 0.5) is 0 Å². The van der Waals surface area contributed by atoms with E-state index in [-0.39, 0.29) is 11.3 Å². The minimum atomic E-state index is 0.0984. The van der Waals surface area contributed by atoms with Gasteiger partial charge in [0.1, 0.15) is 5.75 Å². The number of likely N-dealkylation sites (tertiary alicyclic amines) is 2. The number of carbonyl (C=O) groups is 1. The van der Waals surface area contributed by atoms with Crippen LogP contribution < -0.4 is 4.74 Å². The number of nitriles is 1. The maximum Gasteiger partial charge on any atom is 0.223 e. The van der Waals surface area contributed by atoms with Crippen molar-refractivity contribution in [3.05, 3.63) is 65.2 Å². The molecule has 5 heteroatoms. The quantitative estimate of drug-likeness (QED) is 0.784. The first-order valence-corrected chi connectivity index (χ1v) is 10.2. The van der Waals surface area contributed by atoms with Gasteiger partial charge in [-0.05, 0) is 60.7 Å². The van der Waals surface area contributed by atoms with Gasteiger partial charge in [0.2, 0.25) is 5.91 Å². The lowest BCUT2D eigenvalue weighted by molar-refractivity contribution is -0.128.